The van der Waals surface area contributed by atoms with Crippen molar-refractivity contribution < 1.29 is 23.1 Å². The number of hydrogen-bond acceptors (Lipinski definition) is 4. The molecule has 0 saturated carbocycles. The van der Waals surface area contributed by atoms with E-state index in [9.17, 15) is 14.0 Å². The van der Waals surface area contributed by atoms with E-state index >= 15 is 0 Å². The van der Waals surface area contributed by atoms with Crippen LogP contribution in [0.3, 0.4) is 0 Å². The Morgan fingerprint density at radius 2 is 2.14 bits per heavy atom. The fourth-order valence-electron chi connectivity index (χ4n) is 1.70. The molecule has 2 aromatic rings. The van der Waals surface area contributed by atoms with E-state index in [1.165, 1.54) is 25.3 Å². The summed E-state index contributed by atoms with van der Waals surface area (Å²) in [6, 6.07) is 7.20. The first-order valence-corrected chi connectivity index (χ1v) is 6.82. The normalized spacial score (nSPS) is 11.8. The van der Waals surface area contributed by atoms with E-state index in [4.69, 9.17) is 20.8 Å². The molecule has 0 aliphatic carbocycles. The van der Waals surface area contributed by atoms with E-state index in [-0.39, 0.29) is 11.6 Å². The highest BCUT2D eigenvalue weighted by Gasteiger charge is 2.23. The predicted octanol–water partition coefficient (Wildman–Crippen LogP) is 2.93. The number of rotatable bonds is 5. The summed E-state index contributed by atoms with van der Waals surface area (Å²) in [5.41, 5.74) is -0.394. The van der Waals surface area contributed by atoms with Gasteiger partial charge in [-0.05, 0) is 31.2 Å². The van der Waals surface area contributed by atoms with Gasteiger partial charge in [-0.2, -0.15) is 0 Å². The van der Waals surface area contributed by atoms with Gasteiger partial charge in [-0.3, -0.25) is 4.79 Å². The molecule has 0 aliphatic rings. The SMILES string of the molecule is C[C@H](OC(=O)c1c(F)cccc1Cl)C(=O)NCc1ccco1. The molecule has 0 unspecified atom stereocenters. The molecular formula is C15H13ClFNO4. The van der Waals surface area contributed by atoms with E-state index < -0.39 is 29.4 Å². The number of furan rings is 1. The second-order valence-corrected chi connectivity index (χ2v) is 4.85. The van der Waals surface area contributed by atoms with Crippen LogP contribution in [0.4, 0.5) is 4.39 Å². The largest absolute Gasteiger partial charge is 0.467 e. The van der Waals surface area contributed by atoms with Crippen molar-refractivity contribution in [2.24, 2.45) is 0 Å². The number of hydrogen-bond donors (Lipinski definition) is 1. The molecule has 1 aromatic heterocycles. The maximum Gasteiger partial charge on any atom is 0.343 e. The van der Waals surface area contributed by atoms with Gasteiger partial charge in [0.05, 0.1) is 17.8 Å². The molecule has 5 nitrogen and oxygen atoms in total. The Hall–Kier alpha value is -2.34. The highest BCUT2D eigenvalue weighted by atomic mass is 35.5. The third-order valence-electron chi connectivity index (χ3n) is 2.84. The van der Waals surface area contributed by atoms with Gasteiger partial charge < -0.3 is 14.5 Å². The average Bonchev–Trinajstić information content (AvgIpc) is 2.97. The van der Waals surface area contributed by atoms with Crippen molar-refractivity contribution in [1.82, 2.24) is 5.32 Å². The van der Waals surface area contributed by atoms with Gasteiger partial charge in [0.25, 0.3) is 5.91 Å². The van der Waals surface area contributed by atoms with Gasteiger partial charge >= 0.3 is 5.97 Å². The minimum absolute atomic E-state index is 0.0757. The molecule has 1 amide bonds. The number of amides is 1. The van der Waals surface area contributed by atoms with Crippen LogP contribution in [0.25, 0.3) is 0 Å². The predicted molar refractivity (Wildman–Crippen MR) is 76.8 cm³/mol. The second-order valence-electron chi connectivity index (χ2n) is 4.44. The number of benzene rings is 1. The Morgan fingerprint density at radius 3 is 2.77 bits per heavy atom. The molecular weight excluding hydrogens is 313 g/mol. The second kappa shape index (κ2) is 7.09. The van der Waals surface area contributed by atoms with Crippen molar-refractivity contribution in [2.75, 3.05) is 0 Å². The molecule has 1 aromatic carbocycles. The fourth-order valence-corrected chi connectivity index (χ4v) is 1.94. The summed E-state index contributed by atoms with van der Waals surface area (Å²) in [6.07, 6.45) is 0.378. The molecule has 0 spiro atoms. The van der Waals surface area contributed by atoms with Gasteiger partial charge in [0, 0.05) is 0 Å². The zero-order chi connectivity index (χ0) is 16.1. The molecule has 0 saturated heterocycles. The first-order chi connectivity index (χ1) is 10.5. The van der Waals surface area contributed by atoms with Crippen LogP contribution in [-0.2, 0) is 16.1 Å². The Morgan fingerprint density at radius 1 is 1.36 bits per heavy atom. The molecule has 1 heterocycles. The van der Waals surface area contributed by atoms with Crippen LogP contribution < -0.4 is 5.32 Å². The van der Waals surface area contributed by atoms with Crippen LogP contribution in [0.2, 0.25) is 5.02 Å². The lowest BCUT2D eigenvalue weighted by Crippen LogP contribution is -2.35. The minimum atomic E-state index is -1.10. The van der Waals surface area contributed by atoms with E-state index in [1.54, 1.807) is 12.1 Å². The van der Waals surface area contributed by atoms with Crippen molar-refractivity contribution in [3.8, 4) is 0 Å². The quantitative estimate of drug-likeness (QED) is 0.858. The Bertz CT molecular complexity index is 652. The zero-order valence-electron chi connectivity index (χ0n) is 11.6. The molecule has 2 rings (SSSR count). The lowest BCUT2D eigenvalue weighted by molar-refractivity contribution is -0.129. The van der Waals surface area contributed by atoms with Crippen LogP contribution in [0.1, 0.15) is 23.0 Å². The van der Waals surface area contributed by atoms with E-state index in [0.717, 1.165) is 6.07 Å². The molecule has 0 bridgehead atoms. The molecule has 1 N–H and O–H groups in total. The van der Waals surface area contributed by atoms with Crippen LogP contribution >= 0.6 is 11.6 Å². The topological polar surface area (TPSA) is 68.5 Å². The fraction of sp³-hybridized carbons (Fsp3) is 0.200. The van der Waals surface area contributed by atoms with Crippen molar-refractivity contribution in [2.45, 2.75) is 19.6 Å². The van der Waals surface area contributed by atoms with Crippen LogP contribution in [0.15, 0.2) is 41.0 Å². The van der Waals surface area contributed by atoms with Crippen molar-refractivity contribution in [1.29, 1.82) is 0 Å². The summed E-state index contributed by atoms with van der Waals surface area (Å²) in [4.78, 5) is 23.7. The maximum absolute atomic E-state index is 13.6. The number of carbonyl (C=O) groups excluding carboxylic acids is 2. The van der Waals surface area contributed by atoms with Gasteiger partial charge in [0.15, 0.2) is 6.10 Å². The van der Waals surface area contributed by atoms with Gasteiger partial charge in [-0.15, -0.1) is 0 Å². The van der Waals surface area contributed by atoms with Gasteiger partial charge in [-0.1, -0.05) is 17.7 Å². The number of carbonyl (C=O) groups is 2. The minimum Gasteiger partial charge on any atom is -0.467 e. The number of ether oxygens (including phenoxy) is 1. The van der Waals surface area contributed by atoms with Gasteiger partial charge in [-0.25, -0.2) is 9.18 Å². The standard InChI is InChI=1S/C15H13ClFNO4/c1-9(14(19)18-8-10-4-3-7-21-10)22-15(20)13-11(16)5-2-6-12(13)17/h2-7,9H,8H2,1H3,(H,18,19)/t9-/m0/s1. The average molecular weight is 326 g/mol. The molecule has 22 heavy (non-hydrogen) atoms. The third-order valence-corrected chi connectivity index (χ3v) is 3.15. The summed E-state index contributed by atoms with van der Waals surface area (Å²) in [6.45, 7) is 1.54. The molecule has 1 atom stereocenters. The zero-order valence-corrected chi connectivity index (χ0v) is 12.4. The number of halogens is 2. The molecule has 7 heteroatoms. The molecule has 0 radical (unpaired) electrons. The van der Waals surface area contributed by atoms with Crippen LogP contribution in [0.5, 0.6) is 0 Å². The number of nitrogens with one attached hydrogen (secondary N) is 1. The Labute approximate surface area is 131 Å². The molecule has 116 valence electrons. The summed E-state index contributed by atoms with van der Waals surface area (Å²) in [5, 5.41) is 2.46. The van der Waals surface area contributed by atoms with Crippen molar-refractivity contribution in [3.05, 3.63) is 58.8 Å². The lowest BCUT2D eigenvalue weighted by atomic mass is 10.2. The van der Waals surface area contributed by atoms with Crippen molar-refractivity contribution in [3.63, 3.8) is 0 Å². The summed E-state index contributed by atoms with van der Waals surface area (Å²) in [7, 11) is 0. The summed E-state index contributed by atoms with van der Waals surface area (Å²) < 4.78 is 23.6. The maximum atomic E-state index is 13.6. The highest BCUT2D eigenvalue weighted by Crippen LogP contribution is 2.20. The van der Waals surface area contributed by atoms with E-state index in [2.05, 4.69) is 5.32 Å². The monoisotopic (exact) mass is 325 g/mol. The van der Waals surface area contributed by atoms with Gasteiger partial charge in [0.1, 0.15) is 17.1 Å². The summed E-state index contributed by atoms with van der Waals surface area (Å²) >= 11 is 5.76. The number of esters is 1. The van der Waals surface area contributed by atoms with Crippen LogP contribution in [-0.4, -0.2) is 18.0 Å². The molecule has 0 fully saturated rings. The Kier molecular flexibility index (Phi) is 5.16. The first kappa shape index (κ1) is 16.0. The van der Waals surface area contributed by atoms with E-state index in [1.807, 2.05) is 0 Å². The smallest absolute Gasteiger partial charge is 0.343 e. The lowest BCUT2D eigenvalue weighted by Gasteiger charge is -2.13. The third kappa shape index (κ3) is 3.85. The van der Waals surface area contributed by atoms with Crippen molar-refractivity contribution >= 4 is 23.5 Å². The first-order valence-electron chi connectivity index (χ1n) is 6.44. The van der Waals surface area contributed by atoms with E-state index in [0.29, 0.717) is 5.76 Å². The highest BCUT2D eigenvalue weighted by molar-refractivity contribution is 6.33. The summed E-state index contributed by atoms with van der Waals surface area (Å²) in [5.74, 6) is -1.77. The Balaban J connectivity index is 1.94. The van der Waals surface area contributed by atoms with Crippen LogP contribution in [0, 0.1) is 5.82 Å². The molecule has 0 aliphatic heterocycles. The van der Waals surface area contributed by atoms with Gasteiger partial charge in [0.2, 0.25) is 0 Å².